The minimum atomic E-state index is -0.781. The zero-order valence-corrected chi connectivity index (χ0v) is 19.8. The quantitative estimate of drug-likeness (QED) is 0.545. The lowest BCUT2D eigenvalue weighted by Gasteiger charge is -2.36. The average molecular weight is 470 g/mol. The molecule has 0 aromatic heterocycles. The van der Waals surface area contributed by atoms with Gasteiger partial charge in [-0.05, 0) is 36.1 Å². The predicted molar refractivity (Wildman–Crippen MR) is 136 cm³/mol. The number of hydrogen-bond acceptors (Lipinski definition) is 3. The van der Waals surface area contributed by atoms with E-state index in [2.05, 4.69) is 17.4 Å². The molecule has 1 N–H and O–H groups in total. The lowest BCUT2D eigenvalue weighted by molar-refractivity contribution is -0.140. The molecule has 3 amide bonds. The van der Waals surface area contributed by atoms with Crippen molar-refractivity contribution in [3.8, 4) is 0 Å². The third-order valence-electron chi connectivity index (χ3n) is 6.33. The van der Waals surface area contributed by atoms with E-state index in [-0.39, 0.29) is 17.7 Å². The molecule has 0 radical (unpaired) electrons. The summed E-state index contributed by atoms with van der Waals surface area (Å²) in [6.07, 6.45) is 2.19. The highest BCUT2D eigenvalue weighted by Gasteiger charge is 2.31. The molecule has 3 aromatic rings. The van der Waals surface area contributed by atoms with E-state index in [1.54, 1.807) is 29.2 Å². The summed E-state index contributed by atoms with van der Waals surface area (Å²) in [6.45, 7) is 1.91. The van der Waals surface area contributed by atoms with Gasteiger partial charge in [0.15, 0.2) is 0 Å². The van der Waals surface area contributed by atoms with Crippen LogP contribution in [0.3, 0.4) is 0 Å². The zero-order chi connectivity index (χ0) is 24.5. The van der Waals surface area contributed by atoms with Gasteiger partial charge >= 0.3 is 0 Å². The second-order valence-electron chi connectivity index (χ2n) is 8.73. The normalized spacial score (nSPS) is 14.3. The number of nitrogens with zero attached hydrogens (tertiary/aromatic N) is 2. The van der Waals surface area contributed by atoms with Crippen molar-refractivity contribution in [2.45, 2.75) is 25.3 Å². The first-order chi connectivity index (χ1) is 17.1. The van der Waals surface area contributed by atoms with E-state index in [1.165, 1.54) is 5.56 Å². The molecule has 1 saturated heterocycles. The Hall–Kier alpha value is -3.93. The number of nitrogens with one attached hydrogen (secondary N) is 1. The van der Waals surface area contributed by atoms with Crippen LogP contribution in [0.5, 0.6) is 0 Å². The van der Waals surface area contributed by atoms with Crippen LogP contribution in [0.15, 0.2) is 91.0 Å². The van der Waals surface area contributed by atoms with Gasteiger partial charge in [0.2, 0.25) is 11.8 Å². The van der Waals surface area contributed by atoms with Crippen molar-refractivity contribution in [2.75, 3.05) is 26.2 Å². The molecular weight excluding hydrogens is 438 g/mol. The number of benzene rings is 3. The summed E-state index contributed by atoms with van der Waals surface area (Å²) in [7, 11) is 0. The van der Waals surface area contributed by atoms with Crippen molar-refractivity contribution in [3.05, 3.63) is 108 Å². The summed E-state index contributed by atoms with van der Waals surface area (Å²) in [5, 5.41) is 2.91. The van der Waals surface area contributed by atoms with Gasteiger partial charge in [0.25, 0.3) is 5.91 Å². The number of hydrogen-bond donors (Lipinski definition) is 1. The maximum atomic E-state index is 13.5. The number of amides is 3. The number of aryl methyl sites for hydroxylation is 1. The molecule has 1 unspecified atom stereocenters. The molecule has 1 fully saturated rings. The minimum absolute atomic E-state index is 0.130. The smallest absolute Gasteiger partial charge is 0.252 e. The molecule has 0 bridgehead atoms. The van der Waals surface area contributed by atoms with Crippen LogP contribution >= 0.6 is 0 Å². The van der Waals surface area contributed by atoms with Crippen LogP contribution in [0, 0.1) is 0 Å². The Morgan fingerprint density at radius 2 is 1.26 bits per heavy atom. The Bertz CT molecular complexity index is 1110. The summed E-state index contributed by atoms with van der Waals surface area (Å²) in [6, 6.07) is 27.6. The van der Waals surface area contributed by atoms with Crippen LogP contribution < -0.4 is 5.32 Å². The fourth-order valence-electron chi connectivity index (χ4n) is 4.34. The van der Waals surface area contributed by atoms with E-state index >= 15 is 0 Å². The molecule has 6 heteroatoms. The Kier molecular flexibility index (Phi) is 8.28. The van der Waals surface area contributed by atoms with E-state index in [9.17, 15) is 14.4 Å². The third-order valence-corrected chi connectivity index (χ3v) is 6.33. The summed E-state index contributed by atoms with van der Waals surface area (Å²) < 4.78 is 0. The van der Waals surface area contributed by atoms with Gasteiger partial charge in [0.05, 0.1) is 0 Å². The van der Waals surface area contributed by atoms with Crippen LogP contribution in [-0.4, -0.2) is 53.7 Å². The van der Waals surface area contributed by atoms with Crippen molar-refractivity contribution in [1.29, 1.82) is 0 Å². The fourth-order valence-corrected chi connectivity index (χ4v) is 4.34. The first kappa shape index (κ1) is 24.2. The first-order valence-electron chi connectivity index (χ1n) is 12.1. The molecule has 1 aliphatic rings. The highest BCUT2D eigenvalue weighted by Crippen LogP contribution is 2.19. The molecule has 3 aromatic carbocycles. The Morgan fingerprint density at radius 3 is 1.89 bits per heavy atom. The van der Waals surface area contributed by atoms with Gasteiger partial charge in [0.1, 0.15) is 6.04 Å². The van der Waals surface area contributed by atoms with Gasteiger partial charge in [-0.3, -0.25) is 14.4 Å². The maximum absolute atomic E-state index is 13.5. The third kappa shape index (κ3) is 6.57. The molecular formula is C29H31N3O3. The number of rotatable bonds is 8. The van der Waals surface area contributed by atoms with Crippen LogP contribution in [0.25, 0.3) is 0 Å². The molecule has 1 heterocycles. The predicted octanol–water partition coefficient (Wildman–Crippen LogP) is 3.85. The SMILES string of the molecule is O=C(NC(C(=O)N1CCN(C(=O)CCCc2ccccc2)CC1)c1ccccc1)c1ccccc1. The van der Waals surface area contributed by atoms with Gasteiger partial charge in [-0.2, -0.15) is 0 Å². The lowest BCUT2D eigenvalue weighted by atomic mass is 10.0. The lowest BCUT2D eigenvalue weighted by Crippen LogP contribution is -2.53. The molecule has 35 heavy (non-hydrogen) atoms. The van der Waals surface area contributed by atoms with Crippen molar-refractivity contribution in [3.63, 3.8) is 0 Å². The number of piperazine rings is 1. The van der Waals surface area contributed by atoms with Crippen LogP contribution in [0.1, 0.15) is 40.4 Å². The second-order valence-corrected chi connectivity index (χ2v) is 8.73. The summed E-state index contributed by atoms with van der Waals surface area (Å²) in [4.78, 5) is 42.6. The largest absolute Gasteiger partial charge is 0.339 e. The van der Waals surface area contributed by atoms with Crippen molar-refractivity contribution >= 4 is 17.7 Å². The fraction of sp³-hybridized carbons (Fsp3) is 0.276. The number of carbonyl (C=O) groups excluding carboxylic acids is 3. The van der Waals surface area contributed by atoms with Gasteiger partial charge in [-0.25, -0.2) is 0 Å². The van der Waals surface area contributed by atoms with Crippen molar-refractivity contribution in [2.24, 2.45) is 0 Å². The molecule has 1 aliphatic heterocycles. The molecule has 180 valence electrons. The van der Waals surface area contributed by atoms with Crippen molar-refractivity contribution < 1.29 is 14.4 Å². The summed E-state index contributed by atoms with van der Waals surface area (Å²) >= 11 is 0. The van der Waals surface area contributed by atoms with Crippen LogP contribution in [0.4, 0.5) is 0 Å². The second kappa shape index (κ2) is 12.0. The maximum Gasteiger partial charge on any atom is 0.252 e. The van der Waals surface area contributed by atoms with E-state index in [4.69, 9.17) is 0 Å². The molecule has 0 aliphatic carbocycles. The van der Waals surface area contributed by atoms with Crippen molar-refractivity contribution in [1.82, 2.24) is 15.1 Å². The summed E-state index contributed by atoms with van der Waals surface area (Å²) in [5.74, 6) is -0.318. The Balaban J connectivity index is 1.33. The van der Waals surface area contributed by atoms with Crippen LogP contribution in [0.2, 0.25) is 0 Å². The highest BCUT2D eigenvalue weighted by atomic mass is 16.2. The van der Waals surface area contributed by atoms with Crippen LogP contribution in [-0.2, 0) is 16.0 Å². The zero-order valence-electron chi connectivity index (χ0n) is 19.8. The summed E-state index contributed by atoms with van der Waals surface area (Å²) in [5.41, 5.74) is 2.48. The number of carbonyl (C=O) groups is 3. The van der Waals surface area contributed by atoms with Gasteiger partial charge < -0.3 is 15.1 Å². The average Bonchev–Trinajstić information content (AvgIpc) is 2.93. The van der Waals surface area contributed by atoms with E-state index < -0.39 is 6.04 Å². The topological polar surface area (TPSA) is 69.7 Å². The molecule has 6 nitrogen and oxygen atoms in total. The van der Waals surface area contributed by atoms with E-state index in [0.717, 1.165) is 18.4 Å². The van der Waals surface area contributed by atoms with E-state index in [1.807, 2.05) is 59.5 Å². The standard InChI is InChI=1S/C29H31N3O3/c33-26(18-10-13-23-11-4-1-5-12-23)31-19-21-32(22-20-31)29(35)27(24-14-6-2-7-15-24)30-28(34)25-16-8-3-9-17-25/h1-9,11-12,14-17,27H,10,13,18-22H2,(H,30,34). The van der Waals surface area contributed by atoms with Gasteiger partial charge in [-0.1, -0.05) is 78.9 Å². The molecule has 4 rings (SSSR count). The van der Waals surface area contributed by atoms with Gasteiger partial charge in [-0.15, -0.1) is 0 Å². The monoisotopic (exact) mass is 469 g/mol. The highest BCUT2D eigenvalue weighted by molar-refractivity contribution is 5.97. The first-order valence-corrected chi connectivity index (χ1v) is 12.1. The Labute approximate surface area is 206 Å². The molecule has 1 atom stereocenters. The van der Waals surface area contributed by atoms with E-state index in [0.29, 0.717) is 38.2 Å². The molecule has 0 spiro atoms. The van der Waals surface area contributed by atoms with Gasteiger partial charge in [0, 0.05) is 38.2 Å². The molecule has 0 saturated carbocycles. The Morgan fingerprint density at radius 1 is 0.714 bits per heavy atom. The minimum Gasteiger partial charge on any atom is -0.339 e.